The van der Waals surface area contributed by atoms with Crippen molar-refractivity contribution in [2.24, 2.45) is 0 Å². The van der Waals surface area contributed by atoms with Gasteiger partial charge in [-0.3, -0.25) is 14.0 Å². The molecule has 1 aliphatic heterocycles. The Hall–Kier alpha value is -2.62. The second-order valence-corrected chi connectivity index (χ2v) is 11.6. The Labute approximate surface area is 228 Å². The Morgan fingerprint density at radius 3 is 2.22 bits per heavy atom. The Morgan fingerprint density at radius 1 is 0.946 bits per heavy atom. The zero-order valence-corrected chi connectivity index (χ0v) is 22.8. The number of carbonyl (C=O) groups excluding carboxylic acids is 1. The Morgan fingerprint density at radius 2 is 1.57 bits per heavy atom. The molecule has 0 atom stereocenters. The molecule has 0 aromatic heterocycles. The maximum atomic E-state index is 12.7. The van der Waals surface area contributed by atoms with Crippen LogP contribution in [0.2, 0.25) is 10.0 Å². The molecule has 0 saturated carbocycles. The number of carbonyl (C=O) groups is 1. The van der Waals surface area contributed by atoms with Crippen molar-refractivity contribution in [1.29, 1.82) is 0 Å². The number of nitrogens with one attached hydrogen (secondary N) is 1. The van der Waals surface area contributed by atoms with E-state index in [0.717, 1.165) is 44.7 Å². The summed E-state index contributed by atoms with van der Waals surface area (Å²) >= 11 is 12.4. The van der Waals surface area contributed by atoms with Gasteiger partial charge in [0.1, 0.15) is 0 Å². The van der Waals surface area contributed by atoms with Crippen LogP contribution in [0.5, 0.6) is 0 Å². The Kier molecular flexibility index (Phi) is 9.10. The minimum absolute atomic E-state index is 0.0532. The van der Waals surface area contributed by atoms with Crippen LogP contribution in [0.3, 0.4) is 0 Å². The normalized spacial score (nSPS) is 14.4. The van der Waals surface area contributed by atoms with E-state index in [1.807, 2.05) is 12.1 Å². The maximum Gasteiger partial charge on any atom is 0.251 e. The van der Waals surface area contributed by atoms with Crippen LogP contribution in [0.15, 0.2) is 66.7 Å². The minimum atomic E-state index is -3.63. The van der Waals surface area contributed by atoms with E-state index in [2.05, 4.69) is 22.3 Å². The largest absolute Gasteiger partial charge is 0.379 e. The molecule has 3 aromatic rings. The lowest BCUT2D eigenvalue weighted by Crippen LogP contribution is -2.35. The molecule has 196 valence electrons. The Bertz CT molecular complexity index is 1330. The van der Waals surface area contributed by atoms with Crippen LogP contribution in [-0.4, -0.2) is 51.8 Å². The predicted octanol–water partition coefficient (Wildman–Crippen LogP) is 4.72. The van der Waals surface area contributed by atoms with Crippen molar-refractivity contribution < 1.29 is 17.9 Å². The number of amides is 1. The fourth-order valence-corrected chi connectivity index (χ4v) is 5.40. The molecular formula is C27H29Cl2N3O4S. The molecule has 37 heavy (non-hydrogen) atoms. The number of anilines is 1. The molecule has 0 bridgehead atoms. The van der Waals surface area contributed by atoms with Crippen LogP contribution in [-0.2, 0) is 34.4 Å². The van der Waals surface area contributed by atoms with Crippen molar-refractivity contribution in [3.05, 3.63) is 99.0 Å². The number of hydrogen-bond donors (Lipinski definition) is 1. The quantitative estimate of drug-likeness (QED) is 0.409. The second-order valence-electron chi connectivity index (χ2n) is 8.93. The molecule has 4 rings (SSSR count). The summed E-state index contributed by atoms with van der Waals surface area (Å²) in [6, 6.07) is 19.9. The van der Waals surface area contributed by atoms with Crippen LogP contribution in [0.25, 0.3) is 0 Å². The zero-order valence-electron chi connectivity index (χ0n) is 20.5. The minimum Gasteiger partial charge on any atom is -0.379 e. The summed E-state index contributed by atoms with van der Waals surface area (Å²) in [6.45, 7) is 4.79. The fourth-order valence-electron chi connectivity index (χ4n) is 4.06. The maximum absolute atomic E-state index is 12.7. The van der Waals surface area contributed by atoms with Gasteiger partial charge in [0.2, 0.25) is 10.0 Å². The molecule has 1 saturated heterocycles. The highest BCUT2D eigenvalue weighted by Gasteiger charge is 2.21. The standard InChI is InChI=1S/C27H29Cl2N3O4S/c1-37(34,35)32(25-4-2-3-24(28)26(25)29)19-22-9-11-23(12-10-22)27(33)30-17-20-5-7-21(8-6-20)18-31-13-15-36-16-14-31/h2-12H,13-19H2,1H3,(H,30,33). The summed E-state index contributed by atoms with van der Waals surface area (Å²) in [4.78, 5) is 15.0. The summed E-state index contributed by atoms with van der Waals surface area (Å²) < 4.78 is 31.5. The van der Waals surface area contributed by atoms with Crippen LogP contribution in [0.1, 0.15) is 27.0 Å². The fraction of sp³-hybridized carbons (Fsp3) is 0.296. The van der Waals surface area contributed by atoms with Crippen LogP contribution < -0.4 is 9.62 Å². The number of morpholine rings is 1. The van der Waals surface area contributed by atoms with E-state index in [1.54, 1.807) is 42.5 Å². The number of rotatable bonds is 9. The van der Waals surface area contributed by atoms with Crippen LogP contribution >= 0.6 is 23.2 Å². The molecule has 1 N–H and O–H groups in total. The monoisotopic (exact) mass is 561 g/mol. The lowest BCUT2D eigenvalue weighted by molar-refractivity contribution is 0.0342. The van der Waals surface area contributed by atoms with Gasteiger partial charge >= 0.3 is 0 Å². The Balaban J connectivity index is 1.35. The van der Waals surface area contributed by atoms with Crippen molar-refractivity contribution in [2.75, 3.05) is 36.9 Å². The molecule has 1 aliphatic rings. The third-order valence-corrected chi connectivity index (χ3v) is 8.06. The van der Waals surface area contributed by atoms with E-state index in [-0.39, 0.29) is 22.5 Å². The van der Waals surface area contributed by atoms with E-state index in [1.165, 1.54) is 9.87 Å². The summed E-state index contributed by atoms with van der Waals surface area (Å²) in [7, 11) is -3.63. The van der Waals surface area contributed by atoms with E-state index >= 15 is 0 Å². The molecule has 0 aliphatic carbocycles. The first-order chi connectivity index (χ1) is 17.7. The van der Waals surface area contributed by atoms with Gasteiger partial charge in [0, 0.05) is 31.7 Å². The van der Waals surface area contributed by atoms with Gasteiger partial charge in [0.05, 0.1) is 41.7 Å². The van der Waals surface area contributed by atoms with Gasteiger partial charge in [-0.2, -0.15) is 0 Å². The summed E-state index contributed by atoms with van der Waals surface area (Å²) in [5, 5.41) is 3.37. The van der Waals surface area contributed by atoms with Crippen molar-refractivity contribution >= 4 is 44.8 Å². The zero-order chi connectivity index (χ0) is 26.4. The number of ether oxygens (including phenoxy) is 1. The van der Waals surface area contributed by atoms with Crippen molar-refractivity contribution in [1.82, 2.24) is 10.2 Å². The second kappa shape index (κ2) is 12.3. The molecule has 7 nitrogen and oxygen atoms in total. The van der Waals surface area contributed by atoms with Gasteiger partial charge < -0.3 is 10.1 Å². The van der Waals surface area contributed by atoms with E-state index in [4.69, 9.17) is 27.9 Å². The highest BCUT2D eigenvalue weighted by Crippen LogP contribution is 2.34. The highest BCUT2D eigenvalue weighted by molar-refractivity contribution is 7.92. The van der Waals surface area contributed by atoms with Crippen molar-refractivity contribution in [2.45, 2.75) is 19.6 Å². The molecular weight excluding hydrogens is 533 g/mol. The number of benzene rings is 3. The van der Waals surface area contributed by atoms with Gasteiger partial charge in [-0.25, -0.2) is 8.42 Å². The molecule has 1 amide bonds. The SMILES string of the molecule is CS(=O)(=O)N(Cc1ccc(C(=O)NCc2ccc(CN3CCOCC3)cc2)cc1)c1cccc(Cl)c1Cl. The third kappa shape index (κ3) is 7.46. The topological polar surface area (TPSA) is 79.0 Å². The van der Waals surface area contributed by atoms with Gasteiger partial charge in [0.15, 0.2) is 0 Å². The first-order valence-corrected chi connectivity index (χ1v) is 14.5. The van der Waals surface area contributed by atoms with E-state index < -0.39 is 10.0 Å². The lowest BCUT2D eigenvalue weighted by Gasteiger charge is -2.26. The van der Waals surface area contributed by atoms with E-state index in [9.17, 15) is 13.2 Å². The molecule has 0 spiro atoms. The number of halogens is 2. The predicted molar refractivity (Wildman–Crippen MR) is 148 cm³/mol. The molecule has 1 fully saturated rings. The number of hydrogen-bond acceptors (Lipinski definition) is 5. The molecule has 10 heteroatoms. The van der Waals surface area contributed by atoms with Gasteiger partial charge in [0.25, 0.3) is 5.91 Å². The summed E-state index contributed by atoms with van der Waals surface area (Å²) in [5.74, 6) is -0.207. The average molecular weight is 563 g/mol. The lowest BCUT2D eigenvalue weighted by atomic mass is 10.1. The average Bonchev–Trinajstić information content (AvgIpc) is 2.89. The van der Waals surface area contributed by atoms with Crippen molar-refractivity contribution in [3.63, 3.8) is 0 Å². The molecule has 0 radical (unpaired) electrons. The summed E-state index contributed by atoms with van der Waals surface area (Å²) in [5.41, 5.74) is 3.73. The number of sulfonamides is 1. The van der Waals surface area contributed by atoms with Crippen LogP contribution in [0.4, 0.5) is 5.69 Å². The summed E-state index contributed by atoms with van der Waals surface area (Å²) in [6.07, 6.45) is 1.11. The number of nitrogens with zero attached hydrogens (tertiary/aromatic N) is 2. The van der Waals surface area contributed by atoms with Gasteiger partial charge in [-0.05, 0) is 41.0 Å². The molecule has 0 unspecified atom stereocenters. The van der Waals surface area contributed by atoms with E-state index in [0.29, 0.717) is 23.4 Å². The van der Waals surface area contributed by atoms with Crippen molar-refractivity contribution in [3.8, 4) is 0 Å². The third-order valence-electron chi connectivity index (χ3n) is 6.13. The van der Waals surface area contributed by atoms with Gasteiger partial charge in [-0.15, -0.1) is 0 Å². The smallest absolute Gasteiger partial charge is 0.251 e. The first-order valence-electron chi connectivity index (χ1n) is 11.9. The highest BCUT2D eigenvalue weighted by atomic mass is 35.5. The van der Waals surface area contributed by atoms with Gasteiger partial charge in [-0.1, -0.05) is 65.7 Å². The van der Waals surface area contributed by atoms with Crippen LogP contribution in [0, 0.1) is 0 Å². The molecule has 3 aromatic carbocycles. The molecule has 1 heterocycles. The first kappa shape index (κ1) is 27.4.